The molecule has 0 fully saturated rings. The molecule has 0 aliphatic carbocycles. The van der Waals surface area contributed by atoms with Crippen molar-refractivity contribution in [1.29, 1.82) is 0 Å². The maximum Gasteiger partial charge on any atom is 0.168 e. The first-order valence-corrected chi connectivity index (χ1v) is 19.7. The van der Waals surface area contributed by atoms with Gasteiger partial charge in [0.25, 0.3) is 0 Å². The van der Waals surface area contributed by atoms with E-state index in [9.17, 15) is 0 Å². The topological polar surface area (TPSA) is 17.1 Å². The van der Waals surface area contributed by atoms with Crippen molar-refractivity contribution >= 4 is 74.8 Å². The first-order chi connectivity index (χ1) is 13.9. The molecule has 1 nitrogen and oxygen atoms in total. The van der Waals surface area contributed by atoms with Crippen LogP contribution in [-0.4, -0.2) is 16.1 Å². The van der Waals surface area contributed by atoms with Crippen LogP contribution in [0.3, 0.4) is 0 Å². The third-order valence-electron chi connectivity index (χ3n) is 5.40. The lowest BCUT2D eigenvalue weighted by Gasteiger charge is -2.35. The van der Waals surface area contributed by atoms with Gasteiger partial charge in [-0.2, -0.15) is 9.79 Å². The van der Waals surface area contributed by atoms with E-state index < -0.39 is 23.3 Å². The number of rotatable bonds is 5. The largest absolute Gasteiger partial charge is 0.779 e. The number of benzene rings is 3. The molecule has 6 heteroatoms. The van der Waals surface area contributed by atoms with Gasteiger partial charge in [-0.25, -0.2) is 0 Å². The summed E-state index contributed by atoms with van der Waals surface area (Å²) in [4.78, 5) is 1.49. The highest BCUT2D eigenvalue weighted by Crippen LogP contribution is 2.44. The summed E-state index contributed by atoms with van der Waals surface area (Å²) in [6.07, 6.45) is 0. The van der Waals surface area contributed by atoms with E-state index in [1.807, 2.05) is 54.6 Å². The van der Waals surface area contributed by atoms with Crippen LogP contribution < -0.4 is 26.3 Å². The van der Waals surface area contributed by atoms with Gasteiger partial charge in [-0.1, -0.05) is 116 Å². The van der Waals surface area contributed by atoms with Gasteiger partial charge in [0.2, 0.25) is 0 Å². The Kier molecular flexibility index (Phi) is 6.53. The van der Waals surface area contributed by atoms with Gasteiger partial charge >= 0.3 is 0 Å². The summed E-state index contributed by atoms with van der Waals surface area (Å²) in [6, 6.07) is 21.9. The van der Waals surface area contributed by atoms with Gasteiger partial charge in [-0.15, -0.1) is 0 Å². The van der Waals surface area contributed by atoms with Crippen molar-refractivity contribution < 1.29 is 4.57 Å². The van der Waals surface area contributed by atoms with E-state index in [1.54, 1.807) is 0 Å². The molecule has 3 aromatic carbocycles. The van der Waals surface area contributed by atoms with Crippen LogP contribution in [0.5, 0.6) is 0 Å². The Morgan fingerprint density at radius 3 is 1.37 bits per heavy atom. The van der Waals surface area contributed by atoms with Crippen molar-refractivity contribution in [3.05, 3.63) is 66.7 Å². The summed E-state index contributed by atoms with van der Waals surface area (Å²) >= 11 is 11.9. The fourth-order valence-electron chi connectivity index (χ4n) is 3.77. The molecule has 0 aliphatic heterocycles. The first kappa shape index (κ1) is 23.4. The van der Waals surface area contributed by atoms with Gasteiger partial charge < -0.3 is 29.8 Å². The summed E-state index contributed by atoms with van der Waals surface area (Å²) in [5, 5.41) is 4.66. The molecule has 0 heterocycles. The summed E-state index contributed by atoms with van der Waals surface area (Å²) in [6.45, 7) is 13.7. The van der Waals surface area contributed by atoms with E-state index in [4.69, 9.17) is 25.3 Å². The monoisotopic (exact) mass is 484 g/mol. The van der Waals surface area contributed by atoms with Gasteiger partial charge in [0.1, 0.15) is 0 Å². The van der Waals surface area contributed by atoms with Crippen molar-refractivity contribution in [3.8, 4) is 0 Å². The molecule has 0 spiro atoms. The van der Waals surface area contributed by atoms with Crippen LogP contribution in [0.1, 0.15) is 0 Å². The zero-order chi connectivity index (χ0) is 22.3. The second-order valence-corrected chi connectivity index (χ2v) is 23.3. The lowest BCUT2D eigenvalue weighted by atomic mass is 10.3. The Balaban J connectivity index is 2.43. The molecule has 0 radical (unpaired) electrons. The third-order valence-corrected chi connectivity index (χ3v) is 14.1. The Morgan fingerprint density at radius 1 is 0.600 bits per heavy atom. The maximum atomic E-state index is 15.1. The fourth-order valence-corrected chi connectivity index (χ4v) is 12.5. The SMILES string of the molecule is C[Si](C)(C)c1cccc(P(=O)(c2ccccc2)c2cccc([Si](C)(C)C)c2[S-])c1[S-]. The predicted octanol–water partition coefficient (Wildman–Crippen LogP) is 4.23. The molecule has 0 saturated carbocycles. The molecule has 3 aromatic rings. The van der Waals surface area contributed by atoms with Crippen LogP contribution in [0.4, 0.5) is 0 Å². The van der Waals surface area contributed by atoms with Crippen molar-refractivity contribution in [1.82, 2.24) is 0 Å². The lowest BCUT2D eigenvalue weighted by Crippen LogP contribution is -2.44. The van der Waals surface area contributed by atoms with E-state index in [0.29, 0.717) is 0 Å². The minimum atomic E-state index is -3.21. The van der Waals surface area contributed by atoms with E-state index in [2.05, 4.69) is 51.4 Å². The average molecular weight is 485 g/mol. The standard InChI is InChI=1S/C24H31OPS2Si2/c1-29(2,3)21-16-10-14-19(23(21)27)26(25,18-12-8-7-9-13-18)20-15-11-17-22(24(20)28)30(4,5)6/h7-17,27-28H,1-6H3/p-2. The van der Waals surface area contributed by atoms with Crippen molar-refractivity contribution in [2.24, 2.45) is 0 Å². The van der Waals surface area contributed by atoms with Gasteiger partial charge in [-0.3, -0.25) is 0 Å². The van der Waals surface area contributed by atoms with Crippen molar-refractivity contribution in [2.75, 3.05) is 0 Å². The molecule has 0 saturated heterocycles. The van der Waals surface area contributed by atoms with E-state index >= 15 is 4.57 Å². The van der Waals surface area contributed by atoms with Crippen molar-refractivity contribution in [2.45, 2.75) is 49.1 Å². The second kappa shape index (κ2) is 8.36. The molecular weight excluding hydrogens is 456 g/mol. The highest BCUT2D eigenvalue weighted by atomic mass is 32.1. The summed E-state index contributed by atoms with van der Waals surface area (Å²) in [5.41, 5.74) is 0. The zero-order valence-corrected chi connectivity index (χ0v) is 23.1. The molecule has 0 N–H and O–H groups in total. The van der Waals surface area contributed by atoms with Gasteiger partial charge in [0, 0.05) is 15.9 Å². The smallest absolute Gasteiger partial charge is 0.168 e. The highest BCUT2D eigenvalue weighted by molar-refractivity contribution is 7.86. The molecule has 0 amide bonds. The molecule has 0 atom stereocenters. The quantitative estimate of drug-likeness (QED) is 0.307. The molecule has 0 aromatic heterocycles. The van der Waals surface area contributed by atoms with Crippen LogP contribution in [-0.2, 0) is 29.8 Å². The van der Waals surface area contributed by atoms with Gasteiger partial charge in [-0.05, 0) is 0 Å². The maximum absolute atomic E-state index is 15.1. The Hall–Kier alpha value is -1.24. The number of hydrogen-bond acceptors (Lipinski definition) is 3. The highest BCUT2D eigenvalue weighted by Gasteiger charge is 2.33. The van der Waals surface area contributed by atoms with Gasteiger partial charge in [0.05, 0.1) is 16.1 Å². The molecule has 158 valence electrons. The predicted molar refractivity (Wildman–Crippen MR) is 143 cm³/mol. The molecule has 0 bridgehead atoms. The lowest BCUT2D eigenvalue weighted by molar-refractivity contribution is 0.592. The Morgan fingerprint density at radius 2 is 1.00 bits per heavy atom. The Bertz CT molecular complexity index is 1050. The Labute approximate surface area is 194 Å². The summed E-state index contributed by atoms with van der Waals surface area (Å²) in [5.74, 6) is 0. The van der Waals surface area contributed by atoms with Crippen LogP contribution in [0, 0.1) is 0 Å². The molecule has 30 heavy (non-hydrogen) atoms. The van der Waals surface area contributed by atoms with Gasteiger partial charge in [0.15, 0.2) is 7.14 Å². The summed E-state index contributed by atoms with van der Waals surface area (Å²) < 4.78 is 15.1. The number of hydrogen-bond donors (Lipinski definition) is 0. The van der Waals surface area contributed by atoms with E-state index in [1.165, 1.54) is 10.4 Å². The van der Waals surface area contributed by atoms with Crippen LogP contribution in [0.2, 0.25) is 39.3 Å². The normalized spacial score (nSPS) is 12.7. The molecule has 3 rings (SSSR count). The minimum Gasteiger partial charge on any atom is -0.779 e. The zero-order valence-electron chi connectivity index (χ0n) is 18.5. The van der Waals surface area contributed by atoms with E-state index in [-0.39, 0.29) is 0 Å². The minimum absolute atomic E-state index is 0.747. The van der Waals surface area contributed by atoms with Crippen molar-refractivity contribution in [3.63, 3.8) is 0 Å². The molecule has 0 aliphatic rings. The molecular formula is C24H29OPS2Si2-2. The average Bonchev–Trinajstić information content (AvgIpc) is 2.66. The fraction of sp³-hybridized carbons (Fsp3) is 0.250. The second-order valence-electron chi connectivity index (χ2n) is 9.75. The van der Waals surface area contributed by atoms with Crippen LogP contribution in [0.25, 0.3) is 0 Å². The molecule has 0 unspecified atom stereocenters. The van der Waals surface area contributed by atoms with Crippen LogP contribution >= 0.6 is 7.14 Å². The summed E-state index contributed by atoms with van der Waals surface area (Å²) in [7, 11) is -6.59. The third kappa shape index (κ3) is 4.24. The van der Waals surface area contributed by atoms with E-state index in [0.717, 1.165) is 25.7 Å². The first-order valence-electron chi connectivity index (χ1n) is 10.2. The van der Waals surface area contributed by atoms with Crippen LogP contribution in [0.15, 0.2) is 76.5 Å².